The second kappa shape index (κ2) is 5.44. The van der Waals surface area contributed by atoms with Gasteiger partial charge in [-0.15, -0.1) is 0 Å². The minimum absolute atomic E-state index is 0.239. The summed E-state index contributed by atoms with van der Waals surface area (Å²) in [6.07, 6.45) is 0. The predicted molar refractivity (Wildman–Crippen MR) is 81.8 cm³/mol. The molecule has 0 aliphatic carbocycles. The van der Waals surface area contributed by atoms with Gasteiger partial charge in [-0.2, -0.15) is 0 Å². The van der Waals surface area contributed by atoms with Crippen LogP contribution in [0.3, 0.4) is 0 Å². The Morgan fingerprint density at radius 1 is 1.17 bits per heavy atom. The van der Waals surface area contributed by atoms with E-state index in [0.717, 1.165) is 15.8 Å². The first-order valence-corrected chi connectivity index (χ1v) is 6.73. The molecule has 1 unspecified atom stereocenters. The summed E-state index contributed by atoms with van der Waals surface area (Å²) < 4.78 is 1.10. The van der Waals surface area contributed by atoms with E-state index in [0.29, 0.717) is 0 Å². The zero-order valence-corrected chi connectivity index (χ0v) is 12.2. The highest BCUT2D eigenvalue weighted by molar-refractivity contribution is 9.10. The number of nitrogens with two attached hydrogens (primary N) is 1. The van der Waals surface area contributed by atoms with Crippen molar-refractivity contribution in [2.24, 2.45) is 0 Å². The van der Waals surface area contributed by atoms with Gasteiger partial charge in [-0.3, -0.25) is 0 Å². The van der Waals surface area contributed by atoms with Crippen LogP contribution in [0, 0.1) is 6.92 Å². The lowest BCUT2D eigenvalue weighted by Crippen LogP contribution is -2.08. The first-order chi connectivity index (χ1) is 8.56. The fourth-order valence-electron chi connectivity index (χ4n) is 1.89. The Morgan fingerprint density at radius 3 is 2.67 bits per heavy atom. The number of benzene rings is 2. The van der Waals surface area contributed by atoms with Crippen LogP contribution in [0.25, 0.3) is 0 Å². The second-order valence-corrected chi connectivity index (χ2v) is 5.41. The number of anilines is 2. The summed E-state index contributed by atoms with van der Waals surface area (Å²) in [4.78, 5) is 0. The molecule has 3 N–H and O–H groups in total. The number of hydrogen-bond acceptors (Lipinski definition) is 2. The Labute approximate surface area is 116 Å². The molecule has 2 aromatic carbocycles. The highest BCUT2D eigenvalue weighted by Crippen LogP contribution is 2.25. The number of halogens is 1. The molecule has 0 fully saturated rings. The van der Waals surface area contributed by atoms with Gasteiger partial charge in [-0.25, -0.2) is 0 Å². The predicted octanol–water partition coefficient (Wildman–Crippen LogP) is 4.51. The van der Waals surface area contributed by atoms with Crippen LogP contribution >= 0.6 is 15.9 Å². The molecular weight excluding hydrogens is 288 g/mol. The minimum atomic E-state index is 0.239. The molecule has 2 rings (SSSR count). The molecule has 0 spiro atoms. The zero-order chi connectivity index (χ0) is 13.1. The fraction of sp³-hybridized carbons (Fsp3) is 0.200. The zero-order valence-electron chi connectivity index (χ0n) is 10.6. The van der Waals surface area contributed by atoms with Gasteiger partial charge in [0.15, 0.2) is 0 Å². The van der Waals surface area contributed by atoms with Crippen molar-refractivity contribution in [3.8, 4) is 0 Å². The lowest BCUT2D eigenvalue weighted by Gasteiger charge is -2.18. The van der Waals surface area contributed by atoms with Crippen LogP contribution in [0.15, 0.2) is 46.9 Å². The van der Waals surface area contributed by atoms with Gasteiger partial charge in [0.2, 0.25) is 0 Å². The Morgan fingerprint density at radius 2 is 1.94 bits per heavy atom. The van der Waals surface area contributed by atoms with Crippen molar-refractivity contribution in [1.29, 1.82) is 0 Å². The highest BCUT2D eigenvalue weighted by atomic mass is 79.9. The molecule has 94 valence electrons. The van der Waals surface area contributed by atoms with Crippen molar-refractivity contribution in [2.75, 3.05) is 11.1 Å². The normalized spacial score (nSPS) is 12.2. The molecule has 0 radical (unpaired) electrons. The van der Waals surface area contributed by atoms with Crippen LogP contribution in [-0.4, -0.2) is 0 Å². The summed E-state index contributed by atoms with van der Waals surface area (Å²) in [5.74, 6) is 0. The van der Waals surface area contributed by atoms with E-state index in [1.807, 2.05) is 30.3 Å². The Bertz CT molecular complexity index is 552. The molecule has 0 amide bonds. The number of aryl methyl sites for hydroxylation is 1. The first kappa shape index (κ1) is 13.0. The number of rotatable bonds is 3. The van der Waals surface area contributed by atoms with Crippen LogP contribution in [0.5, 0.6) is 0 Å². The van der Waals surface area contributed by atoms with Gasteiger partial charge < -0.3 is 11.1 Å². The van der Waals surface area contributed by atoms with Gasteiger partial charge in [-0.05, 0) is 49.2 Å². The van der Waals surface area contributed by atoms with Gasteiger partial charge in [-0.1, -0.05) is 34.1 Å². The molecule has 2 aromatic rings. The minimum Gasteiger partial charge on any atom is -0.399 e. The second-order valence-electron chi connectivity index (χ2n) is 4.50. The van der Waals surface area contributed by atoms with Crippen molar-refractivity contribution in [3.63, 3.8) is 0 Å². The van der Waals surface area contributed by atoms with Gasteiger partial charge in [0.1, 0.15) is 0 Å². The topological polar surface area (TPSA) is 38.0 Å². The van der Waals surface area contributed by atoms with E-state index in [1.165, 1.54) is 11.1 Å². The van der Waals surface area contributed by atoms with Crippen LogP contribution in [-0.2, 0) is 0 Å². The maximum absolute atomic E-state index is 5.82. The molecule has 2 nitrogen and oxygen atoms in total. The van der Waals surface area contributed by atoms with Crippen molar-refractivity contribution in [1.82, 2.24) is 0 Å². The Balaban J connectivity index is 2.21. The van der Waals surface area contributed by atoms with Crippen molar-refractivity contribution < 1.29 is 0 Å². The lowest BCUT2D eigenvalue weighted by molar-refractivity contribution is 0.882. The summed E-state index contributed by atoms with van der Waals surface area (Å²) >= 11 is 3.49. The summed E-state index contributed by atoms with van der Waals surface area (Å²) in [5, 5.41) is 3.49. The molecule has 0 bridgehead atoms. The quantitative estimate of drug-likeness (QED) is 0.819. The smallest absolute Gasteiger partial charge is 0.0486 e. The maximum atomic E-state index is 5.82. The molecule has 0 saturated heterocycles. The molecule has 0 aromatic heterocycles. The number of nitrogen functional groups attached to an aromatic ring is 1. The first-order valence-electron chi connectivity index (χ1n) is 5.94. The van der Waals surface area contributed by atoms with Crippen molar-refractivity contribution in [2.45, 2.75) is 19.9 Å². The van der Waals surface area contributed by atoms with Crippen LogP contribution < -0.4 is 11.1 Å². The lowest BCUT2D eigenvalue weighted by atomic mass is 10.1. The number of hydrogen-bond donors (Lipinski definition) is 2. The fourth-order valence-corrected chi connectivity index (χ4v) is 2.30. The summed E-state index contributed by atoms with van der Waals surface area (Å²) in [6.45, 7) is 4.22. The van der Waals surface area contributed by atoms with E-state index >= 15 is 0 Å². The van der Waals surface area contributed by atoms with E-state index in [-0.39, 0.29) is 6.04 Å². The molecule has 0 saturated carbocycles. The molecule has 0 aliphatic heterocycles. The molecule has 1 atom stereocenters. The Hall–Kier alpha value is -1.48. The van der Waals surface area contributed by atoms with Crippen molar-refractivity contribution in [3.05, 3.63) is 58.1 Å². The van der Waals surface area contributed by atoms with E-state index < -0.39 is 0 Å². The SMILES string of the molecule is Cc1ccc(N)cc1NC(C)c1cccc(Br)c1. The van der Waals surface area contributed by atoms with Gasteiger partial charge in [0, 0.05) is 21.9 Å². The van der Waals surface area contributed by atoms with Gasteiger partial charge >= 0.3 is 0 Å². The van der Waals surface area contributed by atoms with Crippen LogP contribution in [0.2, 0.25) is 0 Å². The average molecular weight is 305 g/mol. The van der Waals surface area contributed by atoms with Gasteiger partial charge in [0.25, 0.3) is 0 Å². The van der Waals surface area contributed by atoms with E-state index in [1.54, 1.807) is 0 Å². The number of nitrogens with one attached hydrogen (secondary N) is 1. The largest absolute Gasteiger partial charge is 0.399 e. The highest BCUT2D eigenvalue weighted by Gasteiger charge is 2.07. The summed E-state index contributed by atoms with van der Waals surface area (Å²) in [6, 6.07) is 14.5. The van der Waals surface area contributed by atoms with E-state index in [2.05, 4.69) is 47.2 Å². The third-order valence-corrected chi connectivity index (χ3v) is 3.48. The average Bonchev–Trinajstić information content (AvgIpc) is 2.34. The molecule has 3 heteroatoms. The standard InChI is InChI=1S/C15H17BrN2/c1-10-6-7-14(17)9-15(10)18-11(2)12-4-3-5-13(16)8-12/h3-9,11,18H,17H2,1-2H3. The van der Waals surface area contributed by atoms with Gasteiger partial charge in [0.05, 0.1) is 0 Å². The molecule has 0 aliphatic rings. The van der Waals surface area contributed by atoms with E-state index in [9.17, 15) is 0 Å². The molecular formula is C15H17BrN2. The summed E-state index contributed by atoms with van der Waals surface area (Å²) in [5.41, 5.74) is 10.1. The summed E-state index contributed by atoms with van der Waals surface area (Å²) in [7, 11) is 0. The monoisotopic (exact) mass is 304 g/mol. The molecule has 18 heavy (non-hydrogen) atoms. The van der Waals surface area contributed by atoms with E-state index in [4.69, 9.17) is 5.73 Å². The third kappa shape index (κ3) is 3.05. The van der Waals surface area contributed by atoms with Crippen LogP contribution in [0.4, 0.5) is 11.4 Å². The maximum Gasteiger partial charge on any atom is 0.0486 e. The third-order valence-electron chi connectivity index (χ3n) is 2.98. The van der Waals surface area contributed by atoms with Crippen molar-refractivity contribution >= 4 is 27.3 Å². The molecule has 0 heterocycles. The van der Waals surface area contributed by atoms with Crippen LogP contribution in [0.1, 0.15) is 24.1 Å². The Kier molecular flexibility index (Phi) is 3.92.